The summed E-state index contributed by atoms with van der Waals surface area (Å²) < 4.78 is 0. The topological polar surface area (TPSA) is 104 Å². The van der Waals surface area contributed by atoms with Crippen LogP contribution in [0.5, 0.6) is 0 Å². The van der Waals surface area contributed by atoms with E-state index in [2.05, 4.69) is 27.1 Å². The summed E-state index contributed by atoms with van der Waals surface area (Å²) in [7, 11) is 0. The van der Waals surface area contributed by atoms with Crippen LogP contribution in [0.3, 0.4) is 0 Å². The maximum Gasteiger partial charge on any atom is 0.253 e. The number of carbonyl (C=O) groups excluding carboxylic acids is 1. The number of aromatic amines is 1. The van der Waals surface area contributed by atoms with Gasteiger partial charge in [-0.05, 0) is 70.6 Å². The van der Waals surface area contributed by atoms with Gasteiger partial charge in [0.1, 0.15) is 0 Å². The van der Waals surface area contributed by atoms with Crippen molar-refractivity contribution in [2.45, 2.75) is 72.0 Å². The Morgan fingerprint density at radius 1 is 1.23 bits per heavy atom. The highest BCUT2D eigenvalue weighted by Crippen LogP contribution is 2.29. The van der Waals surface area contributed by atoms with Crippen molar-refractivity contribution in [3.8, 4) is 0 Å². The van der Waals surface area contributed by atoms with Crippen LogP contribution in [0.25, 0.3) is 0 Å². The van der Waals surface area contributed by atoms with Gasteiger partial charge in [-0.15, -0.1) is 0 Å². The van der Waals surface area contributed by atoms with E-state index in [4.69, 9.17) is 5.73 Å². The minimum atomic E-state index is -0.219. The molecule has 30 heavy (non-hydrogen) atoms. The van der Waals surface area contributed by atoms with Crippen LogP contribution in [-0.4, -0.2) is 34.5 Å². The van der Waals surface area contributed by atoms with Crippen LogP contribution in [0, 0.1) is 20.8 Å². The van der Waals surface area contributed by atoms with E-state index in [1.807, 2.05) is 33.0 Å². The van der Waals surface area contributed by atoms with Crippen molar-refractivity contribution in [1.82, 2.24) is 15.3 Å². The van der Waals surface area contributed by atoms with E-state index in [-0.39, 0.29) is 18.0 Å². The zero-order valence-corrected chi connectivity index (χ0v) is 18.4. The number of pyridine rings is 2. The molecule has 7 nitrogen and oxygen atoms in total. The number of hydrogen-bond acceptors (Lipinski definition) is 5. The van der Waals surface area contributed by atoms with Crippen molar-refractivity contribution in [2.75, 3.05) is 11.4 Å². The van der Waals surface area contributed by atoms with Crippen molar-refractivity contribution in [2.24, 2.45) is 5.73 Å². The Morgan fingerprint density at radius 2 is 1.93 bits per heavy atom. The summed E-state index contributed by atoms with van der Waals surface area (Å²) in [5, 5.41) is 2.89. The van der Waals surface area contributed by atoms with E-state index in [0.717, 1.165) is 54.7 Å². The number of anilines is 1. The standard InChI is InChI=1S/C23H33N5O2/c1-5-28(18-8-6-17(24)7-9-18)21-13-25-11-20(16(21)4)22(29)26-12-19-14(2)10-15(3)27-23(19)30/h10-11,13,17-18H,5-9,12,24H2,1-4H3,(H,26,29)(H,27,30). The van der Waals surface area contributed by atoms with Crippen molar-refractivity contribution >= 4 is 11.6 Å². The van der Waals surface area contributed by atoms with Gasteiger partial charge in [0.25, 0.3) is 11.5 Å². The van der Waals surface area contributed by atoms with Crippen molar-refractivity contribution < 1.29 is 4.79 Å². The van der Waals surface area contributed by atoms with Crippen LogP contribution in [0.2, 0.25) is 0 Å². The van der Waals surface area contributed by atoms with Gasteiger partial charge in [-0.1, -0.05) is 0 Å². The number of nitrogens with zero attached hydrogens (tertiary/aromatic N) is 2. The quantitative estimate of drug-likeness (QED) is 0.678. The van der Waals surface area contributed by atoms with Gasteiger partial charge in [-0.3, -0.25) is 14.6 Å². The summed E-state index contributed by atoms with van der Waals surface area (Å²) in [5.74, 6) is -0.219. The molecule has 2 aromatic rings. The van der Waals surface area contributed by atoms with Gasteiger partial charge in [0, 0.05) is 42.6 Å². The molecule has 0 spiro atoms. The SMILES string of the molecule is CCN(c1cncc(C(=O)NCc2c(C)cc(C)[nH]c2=O)c1C)C1CCC(N)CC1. The molecule has 7 heteroatoms. The predicted octanol–water partition coefficient (Wildman–Crippen LogP) is 2.72. The second-order valence-electron chi connectivity index (χ2n) is 8.31. The summed E-state index contributed by atoms with van der Waals surface area (Å²) in [6.45, 7) is 8.86. The summed E-state index contributed by atoms with van der Waals surface area (Å²) in [4.78, 5) is 34.6. The van der Waals surface area contributed by atoms with Crippen molar-refractivity contribution in [3.05, 3.63) is 56.8 Å². The summed E-state index contributed by atoms with van der Waals surface area (Å²) in [6, 6.07) is 2.62. The molecule has 0 aliphatic heterocycles. The van der Waals surface area contributed by atoms with E-state index in [9.17, 15) is 9.59 Å². The minimum Gasteiger partial charge on any atom is -0.367 e. The van der Waals surface area contributed by atoms with Gasteiger partial charge in [0.2, 0.25) is 0 Å². The average molecular weight is 412 g/mol. The van der Waals surface area contributed by atoms with E-state index in [1.54, 1.807) is 6.20 Å². The molecule has 1 amide bonds. The van der Waals surface area contributed by atoms with E-state index in [0.29, 0.717) is 23.2 Å². The molecule has 0 aromatic carbocycles. The molecule has 0 atom stereocenters. The molecule has 0 unspecified atom stereocenters. The number of carbonyl (C=O) groups is 1. The zero-order chi connectivity index (χ0) is 21.8. The Balaban J connectivity index is 1.78. The monoisotopic (exact) mass is 411 g/mol. The normalized spacial score (nSPS) is 18.8. The summed E-state index contributed by atoms with van der Waals surface area (Å²) in [5.41, 5.74) is 10.6. The molecular weight excluding hydrogens is 378 g/mol. The first kappa shape index (κ1) is 22.0. The van der Waals surface area contributed by atoms with E-state index in [1.165, 1.54) is 0 Å². The highest BCUT2D eigenvalue weighted by molar-refractivity contribution is 5.96. The van der Waals surface area contributed by atoms with Crippen LogP contribution in [0.15, 0.2) is 23.3 Å². The number of hydrogen-bond donors (Lipinski definition) is 3. The fourth-order valence-electron chi connectivity index (χ4n) is 4.44. The van der Waals surface area contributed by atoms with Crippen LogP contribution < -0.4 is 21.5 Å². The zero-order valence-electron chi connectivity index (χ0n) is 18.4. The highest BCUT2D eigenvalue weighted by Gasteiger charge is 2.26. The van der Waals surface area contributed by atoms with Crippen LogP contribution in [-0.2, 0) is 6.54 Å². The van der Waals surface area contributed by atoms with E-state index >= 15 is 0 Å². The minimum absolute atomic E-state index is 0.163. The number of amides is 1. The largest absolute Gasteiger partial charge is 0.367 e. The number of nitrogens with one attached hydrogen (secondary N) is 2. The van der Waals surface area contributed by atoms with Gasteiger partial charge in [0.15, 0.2) is 0 Å². The van der Waals surface area contributed by atoms with Crippen molar-refractivity contribution in [3.63, 3.8) is 0 Å². The Hall–Kier alpha value is -2.67. The van der Waals surface area contributed by atoms with Gasteiger partial charge in [-0.2, -0.15) is 0 Å². The molecule has 0 bridgehead atoms. The maximum absolute atomic E-state index is 12.9. The Morgan fingerprint density at radius 3 is 2.57 bits per heavy atom. The van der Waals surface area contributed by atoms with Crippen LogP contribution >= 0.6 is 0 Å². The first-order chi connectivity index (χ1) is 14.3. The number of aryl methyl sites for hydroxylation is 2. The smallest absolute Gasteiger partial charge is 0.253 e. The maximum atomic E-state index is 12.9. The molecule has 2 heterocycles. The highest BCUT2D eigenvalue weighted by atomic mass is 16.1. The average Bonchev–Trinajstić information content (AvgIpc) is 2.70. The molecule has 0 saturated heterocycles. The Bertz CT molecular complexity index is 961. The molecule has 2 aromatic heterocycles. The lowest BCUT2D eigenvalue weighted by Gasteiger charge is -2.37. The van der Waals surface area contributed by atoms with Crippen LogP contribution in [0.4, 0.5) is 5.69 Å². The molecule has 1 aliphatic rings. The van der Waals surface area contributed by atoms with E-state index < -0.39 is 0 Å². The Labute approximate surface area is 178 Å². The second kappa shape index (κ2) is 9.43. The lowest BCUT2D eigenvalue weighted by Crippen LogP contribution is -2.41. The number of H-pyrrole nitrogens is 1. The molecule has 162 valence electrons. The number of aromatic nitrogens is 2. The number of rotatable bonds is 6. The van der Waals surface area contributed by atoms with Gasteiger partial charge in [0.05, 0.1) is 17.4 Å². The fraction of sp³-hybridized carbons (Fsp3) is 0.522. The number of nitrogens with two attached hydrogens (primary N) is 1. The molecule has 4 N–H and O–H groups in total. The molecule has 1 saturated carbocycles. The van der Waals surface area contributed by atoms with Crippen molar-refractivity contribution in [1.29, 1.82) is 0 Å². The van der Waals surface area contributed by atoms with Crippen LogP contribution in [0.1, 0.15) is 65.3 Å². The molecule has 1 fully saturated rings. The summed E-state index contributed by atoms with van der Waals surface area (Å²) in [6.07, 6.45) is 7.61. The molecule has 3 rings (SSSR count). The van der Waals surface area contributed by atoms with Gasteiger partial charge < -0.3 is 20.9 Å². The lowest BCUT2D eigenvalue weighted by atomic mass is 9.90. The van der Waals surface area contributed by atoms with Gasteiger partial charge >= 0.3 is 0 Å². The molecular formula is C23H33N5O2. The molecule has 0 radical (unpaired) electrons. The van der Waals surface area contributed by atoms with Gasteiger partial charge in [-0.25, -0.2) is 0 Å². The summed E-state index contributed by atoms with van der Waals surface area (Å²) >= 11 is 0. The fourth-order valence-corrected chi connectivity index (χ4v) is 4.44. The first-order valence-corrected chi connectivity index (χ1v) is 10.8. The first-order valence-electron chi connectivity index (χ1n) is 10.8. The second-order valence-corrected chi connectivity index (χ2v) is 8.31. The lowest BCUT2D eigenvalue weighted by molar-refractivity contribution is 0.0949. The molecule has 1 aliphatic carbocycles. The predicted molar refractivity (Wildman–Crippen MR) is 120 cm³/mol. The Kier molecular flexibility index (Phi) is 6.92. The third-order valence-electron chi connectivity index (χ3n) is 6.19. The third-order valence-corrected chi connectivity index (χ3v) is 6.19. The third kappa shape index (κ3) is 4.73.